The highest BCUT2D eigenvalue weighted by atomic mass is 14.9. The Balaban J connectivity index is 2.13. The van der Waals surface area contributed by atoms with E-state index in [1.54, 1.807) is 12.3 Å². The molecule has 2 aromatic rings. The highest BCUT2D eigenvalue weighted by Gasteiger charge is 2.01. The topological polar surface area (TPSA) is 63.6 Å². The molecule has 0 aliphatic carbocycles. The van der Waals surface area contributed by atoms with Crippen LogP contribution in [0, 0.1) is 0 Å². The molecule has 0 saturated carbocycles. The molecule has 0 fully saturated rings. The zero-order valence-electron chi connectivity index (χ0n) is 9.09. The maximum Gasteiger partial charge on any atom is 0.178 e. The zero-order valence-corrected chi connectivity index (χ0v) is 9.09. The van der Waals surface area contributed by atoms with Gasteiger partial charge >= 0.3 is 0 Å². The summed E-state index contributed by atoms with van der Waals surface area (Å²) in [4.78, 5) is 16.5. The van der Waals surface area contributed by atoms with Crippen LogP contribution in [0.25, 0.3) is 11.5 Å². The van der Waals surface area contributed by atoms with Gasteiger partial charge in [-0.15, -0.1) is 0 Å². The summed E-state index contributed by atoms with van der Waals surface area (Å²) >= 11 is 0. The van der Waals surface area contributed by atoms with Gasteiger partial charge in [-0.05, 0) is 12.6 Å². The fourth-order valence-corrected chi connectivity index (χ4v) is 1.27. The first-order valence-electron chi connectivity index (χ1n) is 5.18. The van der Waals surface area contributed by atoms with E-state index in [1.807, 2.05) is 12.4 Å². The lowest BCUT2D eigenvalue weighted by Crippen LogP contribution is -2.12. The fraction of sp³-hybridized carbons (Fsp3) is 0.273. The smallest absolute Gasteiger partial charge is 0.178 e. The summed E-state index contributed by atoms with van der Waals surface area (Å²) in [6, 6.07) is 1.79. The lowest BCUT2D eigenvalue weighted by Gasteiger charge is -2.02. The van der Waals surface area contributed by atoms with Crippen LogP contribution in [0.5, 0.6) is 0 Å². The molecule has 1 N–H and O–H groups in total. The molecule has 5 nitrogen and oxygen atoms in total. The van der Waals surface area contributed by atoms with Gasteiger partial charge in [0.15, 0.2) is 5.82 Å². The van der Waals surface area contributed by atoms with Crippen molar-refractivity contribution in [2.24, 2.45) is 0 Å². The van der Waals surface area contributed by atoms with Crippen molar-refractivity contribution in [1.29, 1.82) is 0 Å². The number of hydrogen-bond donors (Lipinski definition) is 1. The van der Waals surface area contributed by atoms with Crippen molar-refractivity contribution in [2.45, 2.75) is 13.5 Å². The highest BCUT2D eigenvalue weighted by Crippen LogP contribution is 2.08. The van der Waals surface area contributed by atoms with E-state index in [0.717, 1.165) is 24.3 Å². The summed E-state index contributed by atoms with van der Waals surface area (Å²) in [5.41, 5.74) is 1.81. The van der Waals surface area contributed by atoms with Crippen LogP contribution in [0.1, 0.15) is 12.5 Å². The van der Waals surface area contributed by atoms with Crippen LogP contribution in [0.15, 0.2) is 31.0 Å². The Hall–Kier alpha value is -1.88. The van der Waals surface area contributed by atoms with Crippen molar-refractivity contribution in [3.8, 4) is 11.5 Å². The van der Waals surface area contributed by atoms with Gasteiger partial charge in [-0.1, -0.05) is 6.92 Å². The molecule has 16 heavy (non-hydrogen) atoms. The molecular formula is C11H13N5. The maximum atomic E-state index is 4.26. The predicted octanol–water partition coefficient (Wildman–Crippen LogP) is 1.04. The van der Waals surface area contributed by atoms with Gasteiger partial charge in [0.05, 0.1) is 0 Å². The minimum absolute atomic E-state index is 0.627. The van der Waals surface area contributed by atoms with Gasteiger partial charge in [-0.25, -0.2) is 19.9 Å². The fourth-order valence-electron chi connectivity index (χ4n) is 1.27. The number of hydrogen-bond acceptors (Lipinski definition) is 5. The lowest BCUT2D eigenvalue weighted by atomic mass is 10.3. The minimum atomic E-state index is 0.627. The molecule has 0 saturated heterocycles. The van der Waals surface area contributed by atoms with Crippen molar-refractivity contribution in [3.63, 3.8) is 0 Å². The van der Waals surface area contributed by atoms with Crippen molar-refractivity contribution in [2.75, 3.05) is 6.54 Å². The van der Waals surface area contributed by atoms with Crippen LogP contribution in [0.3, 0.4) is 0 Å². The van der Waals surface area contributed by atoms with Gasteiger partial charge in [-0.3, -0.25) is 0 Å². The third-order valence-electron chi connectivity index (χ3n) is 2.10. The van der Waals surface area contributed by atoms with Crippen LogP contribution in [0.2, 0.25) is 0 Å². The van der Waals surface area contributed by atoms with E-state index < -0.39 is 0 Å². The Morgan fingerprint density at radius 3 is 2.62 bits per heavy atom. The molecule has 0 atom stereocenters. The van der Waals surface area contributed by atoms with Gasteiger partial charge in [-0.2, -0.15) is 0 Å². The maximum absolute atomic E-state index is 4.26. The van der Waals surface area contributed by atoms with Crippen LogP contribution < -0.4 is 5.32 Å². The molecule has 2 heterocycles. The predicted molar refractivity (Wildman–Crippen MR) is 60.4 cm³/mol. The van der Waals surface area contributed by atoms with Gasteiger partial charge in [0.25, 0.3) is 0 Å². The molecule has 0 aliphatic rings. The third-order valence-corrected chi connectivity index (χ3v) is 2.10. The van der Waals surface area contributed by atoms with Gasteiger partial charge in [0.2, 0.25) is 0 Å². The SMILES string of the molecule is CCNCc1cnc(-c2ccncn2)nc1. The number of nitrogens with zero attached hydrogens (tertiary/aromatic N) is 4. The Bertz CT molecular complexity index is 426. The molecular weight excluding hydrogens is 202 g/mol. The van der Waals surface area contributed by atoms with Crippen LogP contribution >= 0.6 is 0 Å². The first-order valence-corrected chi connectivity index (χ1v) is 5.18. The number of nitrogens with one attached hydrogen (secondary N) is 1. The average Bonchev–Trinajstić information content (AvgIpc) is 2.38. The largest absolute Gasteiger partial charge is 0.313 e. The molecule has 0 spiro atoms. The summed E-state index contributed by atoms with van der Waals surface area (Å²) in [7, 11) is 0. The second-order valence-corrected chi connectivity index (χ2v) is 3.29. The van der Waals surface area contributed by atoms with Crippen LogP contribution in [-0.2, 0) is 6.54 Å². The second-order valence-electron chi connectivity index (χ2n) is 3.29. The third kappa shape index (κ3) is 2.58. The van der Waals surface area contributed by atoms with Crippen LogP contribution in [0.4, 0.5) is 0 Å². The molecule has 0 bridgehead atoms. The zero-order chi connectivity index (χ0) is 11.2. The molecule has 0 amide bonds. The van der Waals surface area contributed by atoms with Crippen LogP contribution in [-0.4, -0.2) is 26.5 Å². The van der Waals surface area contributed by atoms with E-state index in [4.69, 9.17) is 0 Å². The summed E-state index contributed by atoms with van der Waals surface area (Å²) in [5.74, 6) is 0.627. The molecule has 0 aliphatic heterocycles. The molecule has 82 valence electrons. The summed E-state index contributed by atoms with van der Waals surface area (Å²) in [5, 5.41) is 3.22. The van der Waals surface area contributed by atoms with Gasteiger partial charge < -0.3 is 5.32 Å². The Kier molecular flexibility index (Phi) is 3.50. The summed E-state index contributed by atoms with van der Waals surface area (Å²) in [6.07, 6.45) is 6.80. The average molecular weight is 215 g/mol. The lowest BCUT2D eigenvalue weighted by molar-refractivity contribution is 0.721. The van der Waals surface area contributed by atoms with Gasteiger partial charge in [0, 0.05) is 30.7 Å². The Morgan fingerprint density at radius 1 is 1.19 bits per heavy atom. The monoisotopic (exact) mass is 215 g/mol. The molecule has 0 unspecified atom stereocenters. The van der Waals surface area contributed by atoms with E-state index in [9.17, 15) is 0 Å². The molecule has 5 heteroatoms. The second kappa shape index (κ2) is 5.27. The Labute approximate surface area is 94.0 Å². The minimum Gasteiger partial charge on any atom is -0.313 e. The van der Waals surface area contributed by atoms with Crippen molar-refractivity contribution in [3.05, 3.63) is 36.5 Å². The quantitative estimate of drug-likeness (QED) is 0.825. The Morgan fingerprint density at radius 2 is 2.00 bits per heavy atom. The van der Waals surface area contributed by atoms with Crippen molar-refractivity contribution < 1.29 is 0 Å². The molecule has 0 aromatic carbocycles. The first kappa shape index (κ1) is 10.6. The highest BCUT2D eigenvalue weighted by molar-refractivity contribution is 5.46. The summed E-state index contributed by atoms with van der Waals surface area (Å²) in [6.45, 7) is 3.80. The van der Waals surface area contributed by atoms with Crippen molar-refractivity contribution >= 4 is 0 Å². The van der Waals surface area contributed by atoms with E-state index in [2.05, 4.69) is 32.2 Å². The van der Waals surface area contributed by atoms with E-state index in [0.29, 0.717) is 5.82 Å². The summed E-state index contributed by atoms with van der Waals surface area (Å²) < 4.78 is 0. The van der Waals surface area contributed by atoms with E-state index in [1.165, 1.54) is 6.33 Å². The molecule has 2 aromatic heterocycles. The first-order chi connectivity index (χ1) is 7.90. The standard InChI is InChI=1S/C11H13N5/c1-2-12-5-9-6-14-11(15-7-9)10-3-4-13-8-16-10/h3-4,6-8,12H,2,5H2,1H3. The molecule has 0 radical (unpaired) electrons. The molecule has 2 rings (SSSR count). The normalized spacial score (nSPS) is 10.3. The number of rotatable bonds is 4. The van der Waals surface area contributed by atoms with Gasteiger partial charge in [0.1, 0.15) is 12.0 Å². The van der Waals surface area contributed by atoms with Crippen molar-refractivity contribution in [1.82, 2.24) is 25.3 Å². The van der Waals surface area contributed by atoms with E-state index in [-0.39, 0.29) is 0 Å². The number of aromatic nitrogens is 4. The van der Waals surface area contributed by atoms with E-state index >= 15 is 0 Å².